The van der Waals surface area contributed by atoms with Crippen molar-refractivity contribution in [3.8, 4) is 11.5 Å². The number of amides is 1. The van der Waals surface area contributed by atoms with Gasteiger partial charge in [-0.1, -0.05) is 6.07 Å². The van der Waals surface area contributed by atoms with Crippen LogP contribution in [0.3, 0.4) is 0 Å². The van der Waals surface area contributed by atoms with E-state index in [1.165, 1.54) is 6.07 Å². The Morgan fingerprint density at radius 3 is 2.73 bits per heavy atom. The van der Waals surface area contributed by atoms with Gasteiger partial charge in [0.15, 0.2) is 11.5 Å². The molecule has 1 atom stereocenters. The Balaban J connectivity index is 1.67. The van der Waals surface area contributed by atoms with E-state index < -0.39 is 0 Å². The van der Waals surface area contributed by atoms with Crippen LogP contribution in [0.1, 0.15) is 29.4 Å². The second-order valence-electron chi connectivity index (χ2n) is 6.45. The molecule has 1 aliphatic rings. The maximum Gasteiger partial charge on any atom is 0.251 e. The number of ether oxygens (including phenoxy) is 2. The van der Waals surface area contributed by atoms with Crippen LogP contribution in [0.2, 0.25) is 0 Å². The van der Waals surface area contributed by atoms with Gasteiger partial charge in [0.25, 0.3) is 5.56 Å². The smallest absolute Gasteiger partial charge is 0.251 e. The Kier molecular flexibility index (Phi) is 5.25. The average Bonchev–Trinajstić information content (AvgIpc) is 3.11. The zero-order valence-electron chi connectivity index (χ0n) is 15.2. The molecule has 7 nitrogen and oxygen atoms in total. The lowest BCUT2D eigenvalue weighted by Crippen LogP contribution is -2.30. The Labute approximate surface area is 152 Å². The van der Waals surface area contributed by atoms with E-state index in [9.17, 15) is 9.59 Å². The summed E-state index contributed by atoms with van der Waals surface area (Å²) in [6.07, 6.45) is 1.11. The van der Waals surface area contributed by atoms with Gasteiger partial charge in [-0.2, -0.15) is 0 Å². The van der Waals surface area contributed by atoms with Crippen LogP contribution < -0.4 is 15.0 Å². The maximum atomic E-state index is 12.6. The third-order valence-corrected chi connectivity index (χ3v) is 4.64. The Hall–Kier alpha value is -2.83. The second kappa shape index (κ2) is 7.59. The highest BCUT2D eigenvalue weighted by atomic mass is 16.5. The van der Waals surface area contributed by atoms with Crippen LogP contribution >= 0.6 is 0 Å². The van der Waals surface area contributed by atoms with E-state index in [0.717, 1.165) is 17.7 Å². The maximum absolute atomic E-state index is 12.6. The number of methoxy groups -OCH3 is 2. The van der Waals surface area contributed by atoms with Crippen molar-refractivity contribution in [3.63, 3.8) is 0 Å². The number of likely N-dealkylation sites (tertiary alicyclic amines) is 1. The first-order valence-corrected chi connectivity index (χ1v) is 8.56. The standard InChI is InChI=1S/C19H23N3O4/c1-12-20-15(10-18(23)21-12)14-6-7-22(11-14)19(24)9-13-4-5-16(25-2)17(8-13)26-3/h4-5,8,10,14H,6-7,9,11H2,1-3H3,(H,20,21,23)/t14-/m1/s1. The van der Waals surface area contributed by atoms with E-state index in [4.69, 9.17) is 9.47 Å². The summed E-state index contributed by atoms with van der Waals surface area (Å²) < 4.78 is 10.5. The van der Waals surface area contributed by atoms with Crippen molar-refractivity contribution in [2.24, 2.45) is 0 Å². The largest absolute Gasteiger partial charge is 0.493 e. The summed E-state index contributed by atoms with van der Waals surface area (Å²) in [5.41, 5.74) is 1.48. The molecule has 0 bridgehead atoms. The van der Waals surface area contributed by atoms with E-state index >= 15 is 0 Å². The number of benzene rings is 1. The summed E-state index contributed by atoms with van der Waals surface area (Å²) in [6, 6.07) is 7.03. The summed E-state index contributed by atoms with van der Waals surface area (Å²) in [4.78, 5) is 33.2. The van der Waals surface area contributed by atoms with Crippen LogP contribution in [0.5, 0.6) is 11.5 Å². The topological polar surface area (TPSA) is 84.5 Å². The lowest BCUT2D eigenvalue weighted by molar-refractivity contribution is -0.129. The number of aryl methyl sites for hydroxylation is 1. The van der Waals surface area contributed by atoms with E-state index in [0.29, 0.717) is 36.8 Å². The summed E-state index contributed by atoms with van der Waals surface area (Å²) in [5.74, 6) is 2.01. The number of hydrogen-bond donors (Lipinski definition) is 1. The third-order valence-electron chi connectivity index (χ3n) is 4.64. The van der Waals surface area contributed by atoms with Gasteiger partial charge in [-0.25, -0.2) is 4.98 Å². The predicted molar refractivity (Wildman–Crippen MR) is 96.8 cm³/mol. The quantitative estimate of drug-likeness (QED) is 0.880. The van der Waals surface area contributed by atoms with Crippen molar-refractivity contribution in [2.45, 2.75) is 25.7 Å². The molecule has 0 spiro atoms. The molecule has 1 saturated heterocycles. The SMILES string of the molecule is COc1ccc(CC(=O)N2CC[C@@H](c3cc(=O)[nH]c(C)n3)C2)cc1OC. The van der Waals surface area contributed by atoms with E-state index in [-0.39, 0.29) is 17.4 Å². The molecule has 1 aromatic carbocycles. The van der Waals surface area contributed by atoms with Gasteiger partial charge in [0.2, 0.25) is 5.91 Å². The number of rotatable bonds is 5. The molecule has 1 amide bonds. The third kappa shape index (κ3) is 3.87. The fraction of sp³-hybridized carbons (Fsp3) is 0.421. The second-order valence-corrected chi connectivity index (χ2v) is 6.45. The van der Waals surface area contributed by atoms with Gasteiger partial charge in [-0.3, -0.25) is 9.59 Å². The van der Waals surface area contributed by atoms with Crippen molar-refractivity contribution in [2.75, 3.05) is 27.3 Å². The lowest BCUT2D eigenvalue weighted by Gasteiger charge is -2.17. The fourth-order valence-electron chi connectivity index (χ4n) is 3.32. The van der Waals surface area contributed by atoms with Crippen molar-refractivity contribution in [1.29, 1.82) is 0 Å². The molecule has 7 heteroatoms. The summed E-state index contributed by atoms with van der Waals surface area (Å²) in [6.45, 7) is 3.02. The van der Waals surface area contributed by atoms with Crippen molar-refractivity contribution >= 4 is 5.91 Å². The van der Waals surface area contributed by atoms with Crippen LogP contribution in [0.4, 0.5) is 0 Å². The van der Waals surface area contributed by atoms with Crippen LogP contribution in [0, 0.1) is 6.92 Å². The molecule has 2 aromatic rings. The first-order chi connectivity index (χ1) is 12.5. The minimum atomic E-state index is -0.150. The summed E-state index contributed by atoms with van der Waals surface area (Å²) >= 11 is 0. The molecule has 3 rings (SSSR count). The van der Waals surface area contributed by atoms with Gasteiger partial charge in [0.1, 0.15) is 5.82 Å². The first kappa shape index (κ1) is 18.0. The molecule has 2 heterocycles. The number of nitrogens with one attached hydrogen (secondary N) is 1. The summed E-state index contributed by atoms with van der Waals surface area (Å²) in [5, 5.41) is 0. The number of aromatic nitrogens is 2. The Morgan fingerprint density at radius 2 is 2.04 bits per heavy atom. The summed E-state index contributed by atoms with van der Waals surface area (Å²) in [7, 11) is 3.16. The highest BCUT2D eigenvalue weighted by molar-refractivity contribution is 5.79. The van der Waals surface area contributed by atoms with Crippen molar-refractivity contribution in [1.82, 2.24) is 14.9 Å². The van der Waals surface area contributed by atoms with Crippen LogP contribution in [-0.4, -0.2) is 48.1 Å². The van der Waals surface area contributed by atoms with Crippen LogP contribution in [0.25, 0.3) is 0 Å². The Morgan fingerprint density at radius 1 is 1.27 bits per heavy atom. The van der Waals surface area contributed by atoms with Crippen molar-refractivity contribution < 1.29 is 14.3 Å². The van der Waals surface area contributed by atoms with Crippen LogP contribution in [0.15, 0.2) is 29.1 Å². The number of carbonyl (C=O) groups excluding carboxylic acids is 1. The highest BCUT2D eigenvalue weighted by Crippen LogP contribution is 2.29. The minimum Gasteiger partial charge on any atom is -0.493 e. The number of H-pyrrole nitrogens is 1. The average molecular weight is 357 g/mol. The van der Waals surface area contributed by atoms with Gasteiger partial charge in [-0.05, 0) is 31.0 Å². The molecule has 1 fully saturated rings. The number of carbonyl (C=O) groups is 1. The van der Waals surface area contributed by atoms with Gasteiger partial charge in [0, 0.05) is 25.1 Å². The van der Waals surface area contributed by atoms with Gasteiger partial charge in [-0.15, -0.1) is 0 Å². The zero-order valence-corrected chi connectivity index (χ0v) is 15.2. The molecule has 26 heavy (non-hydrogen) atoms. The van der Waals surface area contributed by atoms with Gasteiger partial charge in [0.05, 0.1) is 26.3 Å². The van der Waals surface area contributed by atoms with Crippen molar-refractivity contribution in [3.05, 3.63) is 51.7 Å². The molecular formula is C19H23N3O4. The monoisotopic (exact) mass is 357 g/mol. The fourth-order valence-corrected chi connectivity index (χ4v) is 3.32. The molecule has 0 saturated carbocycles. The lowest BCUT2D eigenvalue weighted by atomic mass is 10.0. The number of hydrogen-bond acceptors (Lipinski definition) is 5. The molecule has 0 radical (unpaired) electrons. The van der Waals surface area contributed by atoms with E-state index in [1.54, 1.807) is 27.2 Å². The number of aromatic amines is 1. The molecule has 138 valence electrons. The van der Waals surface area contributed by atoms with Gasteiger partial charge < -0.3 is 19.4 Å². The molecule has 1 aromatic heterocycles. The molecule has 1 N–H and O–H groups in total. The molecule has 1 aliphatic heterocycles. The highest BCUT2D eigenvalue weighted by Gasteiger charge is 2.28. The normalized spacial score (nSPS) is 16.6. The molecule has 0 aliphatic carbocycles. The van der Waals surface area contributed by atoms with Crippen LogP contribution in [-0.2, 0) is 11.2 Å². The van der Waals surface area contributed by atoms with Gasteiger partial charge >= 0.3 is 0 Å². The molecule has 0 unspecified atom stereocenters. The van der Waals surface area contributed by atoms with E-state index in [1.807, 2.05) is 17.0 Å². The molecular weight excluding hydrogens is 334 g/mol. The minimum absolute atomic E-state index is 0.0567. The number of nitrogens with zero attached hydrogens (tertiary/aromatic N) is 2. The Bertz CT molecular complexity index is 862. The predicted octanol–water partition coefficient (Wildman–Crippen LogP) is 1.65. The van der Waals surface area contributed by atoms with E-state index in [2.05, 4.69) is 9.97 Å². The first-order valence-electron chi connectivity index (χ1n) is 8.56. The zero-order chi connectivity index (χ0) is 18.7.